The minimum atomic E-state index is -3.77. The Hall–Kier alpha value is -1.96. The van der Waals surface area contributed by atoms with Crippen LogP contribution in [0.25, 0.3) is 0 Å². The monoisotopic (exact) mass is 358 g/mol. The predicted octanol–water partition coefficient (Wildman–Crippen LogP) is 1.45. The Balaban J connectivity index is 2.58. The zero-order valence-electron chi connectivity index (χ0n) is 13.6. The molecule has 2 atom stereocenters. The number of rotatable bonds is 6. The van der Waals surface area contributed by atoms with Crippen LogP contribution in [0.5, 0.6) is 0 Å². The average molecular weight is 358 g/mol. The van der Waals surface area contributed by atoms with Crippen LogP contribution in [0, 0.1) is 11.2 Å². The van der Waals surface area contributed by atoms with Gasteiger partial charge in [-0.05, 0) is 31.5 Å². The Morgan fingerprint density at radius 1 is 1.08 bits per heavy atom. The maximum absolute atomic E-state index is 13.2. The molecule has 1 aliphatic rings. The van der Waals surface area contributed by atoms with Gasteiger partial charge >= 0.3 is 11.9 Å². The zero-order chi connectivity index (χ0) is 18.1. The lowest BCUT2D eigenvalue weighted by Crippen LogP contribution is -2.35. The Morgan fingerprint density at radius 3 is 1.92 bits per heavy atom. The fraction of sp³-hybridized carbons (Fsp3) is 0.500. The summed E-state index contributed by atoms with van der Waals surface area (Å²) in [5.74, 6) is -3.35. The number of esters is 2. The standard InChI is InChI=1S/C16H19FO6S/c1-4-22-14(18)16(15(19)23-5-2)12(13(16)24(3,20)21)10-6-8-11(17)9-7-10/h6-9,12-13H,4-5H2,1-3H3/t12-,13+/m1/s1. The van der Waals surface area contributed by atoms with Crippen LogP contribution >= 0.6 is 0 Å². The smallest absolute Gasteiger partial charge is 0.325 e. The molecule has 6 nitrogen and oxygen atoms in total. The van der Waals surface area contributed by atoms with Gasteiger partial charge in [-0.2, -0.15) is 0 Å². The highest BCUT2D eigenvalue weighted by molar-refractivity contribution is 7.91. The molecule has 0 spiro atoms. The van der Waals surface area contributed by atoms with Gasteiger partial charge in [0, 0.05) is 12.2 Å². The van der Waals surface area contributed by atoms with E-state index in [4.69, 9.17) is 9.47 Å². The summed E-state index contributed by atoms with van der Waals surface area (Å²) in [4.78, 5) is 25.0. The predicted molar refractivity (Wildman–Crippen MR) is 83.5 cm³/mol. The lowest BCUT2D eigenvalue weighted by atomic mass is 9.99. The number of carbonyl (C=O) groups is 2. The Kier molecular flexibility index (Phi) is 4.98. The zero-order valence-corrected chi connectivity index (χ0v) is 14.4. The van der Waals surface area contributed by atoms with Crippen molar-refractivity contribution in [1.82, 2.24) is 0 Å². The van der Waals surface area contributed by atoms with E-state index in [1.165, 1.54) is 12.1 Å². The SMILES string of the molecule is CCOC(=O)C1(C(=O)OCC)[C@H](c2ccc(F)cc2)[C@@H]1S(C)(=O)=O. The van der Waals surface area contributed by atoms with Crippen molar-refractivity contribution in [2.24, 2.45) is 5.41 Å². The van der Waals surface area contributed by atoms with E-state index in [0.29, 0.717) is 5.56 Å². The molecule has 0 bridgehead atoms. The van der Waals surface area contributed by atoms with E-state index >= 15 is 0 Å². The van der Waals surface area contributed by atoms with Crippen molar-refractivity contribution < 1.29 is 31.9 Å². The molecule has 24 heavy (non-hydrogen) atoms. The van der Waals surface area contributed by atoms with Gasteiger partial charge in [0.1, 0.15) is 5.82 Å². The van der Waals surface area contributed by atoms with Gasteiger partial charge in [-0.1, -0.05) is 12.1 Å². The Labute approximate surface area is 139 Å². The molecule has 0 radical (unpaired) electrons. The van der Waals surface area contributed by atoms with E-state index in [2.05, 4.69) is 0 Å². The third-order valence-electron chi connectivity index (χ3n) is 4.05. The maximum atomic E-state index is 13.2. The lowest BCUT2D eigenvalue weighted by molar-refractivity contribution is -0.164. The highest BCUT2D eigenvalue weighted by atomic mass is 32.2. The van der Waals surface area contributed by atoms with Gasteiger partial charge in [-0.3, -0.25) is 9.59 Å². The summed E-state index contributed by atoms with van der Waals surface area (Å²) in [6, 6.07) is 5.01. The van der Waals surface area contributed by atoms with Gasteiger partial charge in [0.15, 0.2) is 15.3 Å². The van der Waals surface area contributed by atoms with Crippen molar-refractivity contribution in [2.75, 3.05) is 19.5 Å². The number of ether oxygens (including phenoxy) is 2. The van der Waals surface area contributed by atoms with Crippen molar-refractivity contribution >= 4 is 21.8 Å². The molecule has 0 amide bonds. The summed E-state index contributed by atoms with van der Waals surface area (Å²) in [6.07, 6.45) is 0.953. The molecule has 0 heterocycles. The quantitative estimate of drug-likeness (QED) is 0.565. The van der Waals surface area contributed by atoms with Crippen LogP contribution in [0.15, 0.2) is 24.3 Å². The molecular weight excluding hydrogens is 339 g/mol. The number of carbonyl (C=O) groups excluding carboxylic acids is 2. The highest BCUT2D eigenvalue weighted by Gasteiger charge is 2.81. The van der Waals surface area contributed by atoms with Crippen LogP contribution < -0.4 is 0 Å². The molecule has 1 aromatic rings. The first-order valence-electron chi connectivity index (χ1n) is 7.50. The Bertz CT molecular complexity index is 722. The normalized spacial score (nSPS) is 21.8. The van der Waals surface area contributed by atoms with E-state index in [0.717, 1.165) is 18.4 Å². The van der Waals surface area contributed by atoms with Crippen molar-refractivity contribution in [2.45, 2.75) is 25.0 Å². The van der Waals surface area contributed by atoms with Gasteiger partial charge in [-0.15, -0.1) is 0 Å². The number of benzene rings is 1. The third-order valence-corrected chi connectivity index (χ3v) is 5.62. The minimum Gasteiger partial charge on any atom is -0.465 e. The minimum absolute atomic E-state index is 0.00733. The largest absolute Gasteiger partial charge is 0.465 e. The average Bonchev–Trinajstić information content (AvgIpc) is 3.20. The van der Waals surface area contributed by atoms with Gasteiger partial charge in [0.2, 0.25) is 0 Å². The van der Waals surface area contributed by atoms with Crippen molar-refractivity contribution in [1.29, 1.82) is 0 Å². The van der Waals surface area contributed by atoms with E-state index in [1.807, 2.05) is 0 Å². The Morgan fingerprint density at radius 2 is 1.54 bits per heavy atom. The van der Waals surface area contributed by atoms with E-state index in [9.17, 15) is 22.4 Å². The fourth-order valence-electron chi connectivity index (χ4n) is 3.12. The summed E-state index contributed by atoms with van der Waals surface area (Å²) in [7, 11) is -3.77. The topological polar surface area (TPSA) is 86.7 Å². The van der Waals surface area contributed by atoms with Gasteiger partial charge in [0.05, 0.1) is 18.5 Å². The first kappa shape index (κ1) is 18.4. The summed E-state index contributed by atoms with van der Waals surface area (Å²) in [6.45, 7) is 3.10. The fourth-order valence-corrected chi connectivity index (χ4v) is 4.92. The van der Waals surface area contributed by atoms with Crippen molar-refractivity contribution in [3.63, 3.8) is 0 Å². The highest BCUT2D eigenvalue weighted by Crippen LogP contribution is 2.64. The number of halogens is 1. The van der Waals surface area contributed by atoms with Crippen LogP contribution in [-0.4, -0.2) is 45.1 Å². The molecule has 0 N–H and O–H groups in total. The van der Waals surface area contributed by atoms with Crippen LogP contribution in [0.3, 0.4) is 0 Å². The molecule has 0 saturated heterocycles. The molecule has 0 unspecified atom stereocenters. The summed E-state index contributed by atoms with van der Waals surface area (Å²) in [5.41, 5.74) is -1.58. The number of hydrogen-bond acceptors (Lipinski definition) is 6. The molecule has 0 aromatic heterocycles. The number of hydrogen-bond donors (Lipinski definition) is 0. The van der Waals surface area contributed by atoms with Crippen molar-refractivity contribution in [3.05, 3.63) is 35.6 Å². The molecule has 0 aliphatic heterocycles. The van der Waals surface area contributed by atoms with Gasteiger partial charge < -0.3 is 9.47 Å². The number of sulfone groups is 1. The molecule has 1 aliphatic carbocycles. The second kappa shape index (κ2) is 6.51. The molecule has 1 aromatic carbocycles. The van der Waals surface area contributed by atoms with Gasteiger partial charge in [-0.25, -0.2) is 12.8 Å². The molecular formula is C16H19FO6S. The molecule has 1 fully saturated rings. The first-order valence-corrected chi connectivity index (χ1v) is 9.45. The maximum Gasteiger partial charge on any atom is 0.325 e. The summed E-state index contributed by atoms with van der Waals surface area (Å²) < 4.78 is 47.4. The lowest BCUT2D eigenvalue weighted by Gasteiger charge is -2.15. The van der Waals surface area contributed by atoms with E-state index < -0.39 is 44.2 Å². The second-order valence-corrected chi connectivity index (χ2v) is 7.76. The van der Waals surface area contributed by atoms with Crippen molar-refractivity contribution in [3.8, 4) is 0 Å². The van der Waals surface area contributed by atoms with Crippen LogP contribution in [-0.2, 0) is 28.9 Å². The third kappa shape index (κ3) is 2.90. The first-order chi connectivity index (χ1) is 11.2. The molecule has 1 saturated carbocycles. The summed E-state index contributed by atoms with van der Waals surface area (Å²) in [5, 5.41) is -1.30. The molecule has 2 rings (SSSR count). The second-order valence-electron chi connectivity index (χ2n) is 5.59. The van der Waals surface area contributed by atoms with E-state index in [-0.39, 0.29) is 13.2 Å². The van der Waals surface area contributed by atoms with Crippen LogP contribution in [0.1, 0.15) is 25.3 Å². The van der Waals surface area contributed by atoms with Crippen LogP contribution in [0.4, 0.5) is 4.39 Å². The van der Waals surface area contributed by atoms with Crippen LogP contribution in [0.2, 0.25) is 0 Å². The van der Waals surface area contributed by atoms with E-state index in [1.54, 1.807) is 13.8 Å². The molecule has 8 heteroatoms. The summed E-state index contributed by atoms with van der Waals surface area (Å²) >= 11 is 0. The molecule has 132 valence electrons. The van der Waals surface area contributed by atoms with Gasteiger partial charge in [0.25, 0.3) is 0 Å².